The van der Waals surface area contributed by atoms with Gasteiger partial charge in [0, 0.05) is 17.3 Å². The Kier molecular flexibility index (Phi) is 7.32. The van der Waals surface area contributed by atoms with Gasteiger partial charge in [-0.05, 0) is 43.3 Å². The molecule has 2 aromatic heterocycles. The van der Waals surface area contributed by atoms with Crippen molar-refractivity contribution < 1.29 is 18.8 Å². The lowest BCUT2D eigenvalue weighted by atomic mass is 10.2. The summed E-state index contributed by atoms with van der Waals surface area (Å²) in [7, 11) is 1.62. The molecular formula is C23H18FN5O4S2. The van der Waals surface area contributed by atoms with Gasteiger partial charge < -0.3 is 10.1 Å². The van der Waals surface area contributed by atoms with Gasteiger partial charge in [-0.2, -0.15) is 4.39 Å². The highest BCUT2D eigenvalue weighted by molar-refractivity contribution is 7.99. The van der Waals surface area contributed by atoms with Crippen LogP contribution in [-0.4, -0.2) is 38.9 Å². The number of thioether (sulfide) groups is 1. The second-order valence-electron chi connectivity index (χ2n) is 7.18. The minimum absolute atomic E-state index is 0.00122. The number of rotatable bonds is 8. The van der Waals surface area contributed by atoms with Crippen LogP contribution in [0.15, 0.2) is 59.6 Å². The number of methoxy groups -OCH3 is 1. The second kappa shape index (κ2) is 10.6. The monoisotopic (exact) mass is 511 g/mol. The molecule has 4 rings (SSSR count). The summed E-state index contributed by atoms with van der Waals surface area (Å²) in [6, 6.07) is 14.4. The molecule has 1 amide bonds. The number of halogens is 1. The average Bonchev–Trinajstić information content (AvgIpc) is 3.25. The Balaban J connectivity index is 1.40. The number of benzene rings is 2. The summed E-state index contributed by atoms with van der Waals surface area (Å²) in [6.45, 7) is 1.91. The molecule has 35 heavy (non-hydrogen) atoms. The molecule has 0 spiro atoms. The molecule has 0 saturated heterocycles. The van der Waals surface area contributed by atoms with Gasteiger partial charge in [0.25, 0.3) is 0 Å². The fourth-order valence-corrected chi connectivity index (χ4v) is 4.74. The summed E-state index contributed by atoms with van der Waals surface area (Å²) in [4.78, 5) is 27.7. The maximum atomic E-state index is 13.4. The topological polar surface area (TPSA) is 120 Å². The minimum Gasteiger partial charge on any atom is -0.497 e. The Bertz CT molecular complexity index is 1400. The summed E-state index contributed by atoms with van der Waals surface area (Å²) in [5, 5.41) is 23.2. The molecule has 2 heterocycles. The van der Waals surface area contributed by atoms with Crippen molar-refractivity contribution >= 4 is 40.4 Å². The van der Waals surface area contributed by atoms with E-state index in [1.807, 2.05) is 37.3 Å². The van der Waals surface area contributed by atoms with Crippen LogP contribution in [0.4, 0.5) is 15.8 Å². The minimum atomic E-state index is -0.968. The Morgan fingerprint density at radius 3 is 2.74 bits per heavy atom. The summed E-state index contributed by atoms with van der Waals surface area (Å²) < 4.78 is 18.7. The smallest absolute Gasteiger partial charge is 0.306 e. The fourth-order valence-electron chi connectivity index (χ4n) is 3.10. The molecular weight excluding hydrogens is 493 g/mol. The Labute approximate surface area is 207 Å². The molecule has 1 N–H and O–H groups in total. The van der Waals surface area contributed by atoms with Gasteiger partial charge in [0.2, 0.25) is 11.7 Å². The lowest BCUT2D eigenvalue weighted by Crippen LogP contribution is -2.14. The van der Waals surface area contributed by atoms with Gasteiger partial charge in [-0.25, -0.2) is 4.98 Å². The Morgan fingerprint density at radius 1 is 1.20 bits per heavy atom. The molecule has 2 aromatic carbocycles. The van der Waals surface area contributed by atoms with Crippen molar-refractivity contribution in [1.29, 1.82) is 0 Å². The molecule has 178 valence electrons. The van der Waals surface area contributed by atoms with Crippen molar-refractivity contribution in [1.82, 2.24) is 15.2 Å². The van der Waals surface area contributed by atoms with Gasteiger partial charge in [0.1, 0.15) is 21.5 Å². The van der Waals surface area contributed by atoms with Crippen LogP contribution in [0.5, 0.6) is 5.75 Å². The molecule has 0 saturated carbocycles. The molecule has 0 fully saturated rings. The van der Waals surface area contributed by atoms with Crippen LogP contribution < -0.4 is 10.1 Å². The zero-order valence-corrected chi connectivity index (χ0v) is 20.2. The van der Waals surface area contributed by atoms with Crippen molar-refractivity contribution in [3.05, 3.63) is 76.2 Å². The van der Waals surface area contributed by atoms with E-state index in [0.717, 1.165) is 50.8 Å². The van der Waals surface area contributed by atoms with Gasteiger partial charge in [-0.3, -0.25) is 14.9 Å². The standard InChI is InChI=1S/C23H18FN5O4S2/c1-13-22(35-23(25-13)14-4-3-5-16(10-14)33-2)18-8-9-21(28-27-18)34-12-20(30)26-15-6-7-17(24)19(11-15)29(31)32/h3-11H,12H2,1-2H3,(H,26,30). The van der Waals surface area contributed by atoms with Crippen molar-refractivity contribution in [2.24, 2.45) is 0 Å². The molecule has 12 heteroatoms. The number of nitrogens with zero attached hydrogens (tertiary/aromatic N) is 4. The maximum absolute atomic E-state index is 13.4. The third-order valence-electron chi connectivity index (χ3n) is 4.76. The van der Waals surface area contributed by atoms with Crippen LogP contribution in [0.3, 0.4) is 0 Å². The number of hydrogen-bond donors (Lipinski definition) is 1. The van der Waals surface area contributed by atoms with E-state index in [1.54, 1.807) is 13.2 Å². The molecule has 4 aromatic rings. The number of nitro groups is 1. The first-order chi connectivity index (χ1) is 16.8. The molecule has 0 bridgehead atoms. The summed E-state index contributed by atoms with van der Waals surface area (Å²) in [5.41, 5.74) is 1.88. The number of nitrogens with one attached hydrogen (secondary N) is 1. The highest BCUT2D eigenvalue weighted by Crippen LogP contribution is 2.35. The van der Waals surface area contributed by atoms with Crippen molar-refractivity contribution in [2.75, 3.05) is 18.2 Å². The molecule has 0 aliphatic rings. The SMILES string of the molecule is COc1cccc(-c2nc(C)c(-c3ccc(SCC(=O)Nc4ccc(F)c([N+](=O)[O-])c4)nn3)s2)c1. The number of carbonyl (C=O) groups is 1. The molecule has 0 atom stereocenters. The first-order valence-electron chi connectivity index (χ1n) is 10.2. The van der Waals surface area contributed by atoms with Crippen molar-refractivity contribution in [2.45, 2.75) is 11.9 Å². The first kappa shape index (κ1) is 24.2. The average molecular weight is 512 g/mol. The number of carbonyl (C=O) groups excluding carboxylic acids is 1. The van der Waals surface area contributed by atoms with E-state index in [-0.39, 0.29) is 11.4 Å². The molecule has 0 aliphatic heterocycles. The number of nitro benzene ring substituents is 1. The van der Waals surface area contributed by atoms with Crippen LogP contribution in [-0.2, 0) is 4.79 Å². The van der Waals surface area contributed by atoms with E-state index in [0.29, 0.717) is 10.7 Å². The van der Waals surface area contributed by atoms with Crippen LogP contribution in [0.25, 0.3) is 21.1 Å². The number of anilines is 1. The van der Waals surface area contributed by atoms with E-state index in [9.17, 15) is 19.3 Å². The number of hydrogen-bond acceptors (Lipinski definition) is 9. The molecule has 9 nitrogen and oxygen atoms in total. The fraction of sp³-hybridized carbons (Fsp3) is 0.130. The van der Waals surface area contributed by atoms with E-state index in [4.69, 9.17) is 4.74 Å². The normalized spacial score (nSPS) is 10.7. The van der Waals surface area contributed by atoms with Crippen molar-refractivity contribution in [3.8, 4) is 26.9 Å². The third-order valence-corrected chi connectivity index (χ3v) is 6.91. The van der Waals surface area contributed by atoms with E-state index in [1.165, 1.54) is 17.4 Å². The summed E-state index contributed by atoms with van der Waals surface area (Å²) in [5.74, 6) is -0.633. The van der Waals surface area contributed by atoms with Gasteiger partial charge in [-0.1, -0.05) is 23.9 Å². The Hall–Kier alpha value is -3.90. The number of aryl methyl sites for hydroxylation is 1. The lowest BCUT2D eigenvalue weighted by Gasteiger charge is -2.05. The summed E-state index contributed by atoms with van der Waals surface area (Å²) in [6.07, 6.45) is 0. The number of amides is 1. The zero-order chi connectivity index (χ0) is 24.9. The van der Waals surface area contributed by atoms with Gasteiger partial charge in [-0.15, -0.1) is 21.5 Å². The Morgan fingerprint density at radius 2 is 2.03 bits per heavy atom. The molecule has 0 unspecified atom stereocenters. The number of ether oxygens (including phenoxy) is 1. The maximum Gasteiger partial charge on any atom is 0.306 e. The van der Waals surface area contributed by atoms with E-state index >= 15 is 0 Å². The highest BCUT2D eigenvalue weighted by Gasteiger charge is 2.16. The van der Waals surface area contributed by atoms with Crippen LogP contribution >= 0.6 is 23.1 Å². The van der Waals surface area contributed by atoms with Crippen molar-refractivity contribution in [3.63, 3.8) is 0 Å². The van der Waals surface area contributed by atoms with Crippen LogP contribution in [0.2, 0.25) is 0 Å². The van der Waals surface area contributed by atoms with Crippen LogP contribution in [0.1, 0.15) is 5.69 Å². The molecule has 0 aliphatic carbocycles. The van der Waals surface area contributed by atoms with E-state index in [2.05, 4.69) is 20.5 Å². The summed E-state index contributed by atoms with van der Waals surface area (Å²) >= 11 is 2.66. The highest BCUT2D eigenvalue weighted by atomic mass is 32.2. The number of aromatic nitrogens is 3. The predicted octanol–water partition coefficient (Wildman–Crippen LogP) is 5.36. The lowest BCUT2D eigenvalue weighted by molar-refractivity contribution is -0.387. The van der Waals surface area contributed by atoms with Gasteiger partial charge >= 0.3 is 5.69 Å². The quantitative estimate of drug-likeness (QED) is 0.191. The predicted molar refractivity (Wildman–Crippen MR) is 132 cm³/mol. The van der Waals surface area contributed by atoms with Crippen LogP contribution in [0, 0.1) is 22.9 Å². The van der Waals surface area contributed by atoms with E-state index < -0.39 is 22.3 Å². The number of thiazole rings is 1. The van der Waals surface area contributed by atoms with Gasteiger partial charge in [0.05, 0.1) is 28.4 Å². The first-order valence-corrected chi connectivity index (χ1v) is 12.0. The van der Waals surface area contributed by atoms with Gasteiger partial charge in [0.15, 0.2) is 0 Å². The second-order valence-corrected chi connectivity index (χ2v) is 9.18. The third kappa shape index (κ3) is 5.78. The molecule has 0 radical (unpaired) electrons. The largest absolute Gasteiger partial charge is 0.497 e. The zero-order valence-electron chi connectivity index (χ0n) is 18.5.